The number of rotatable bonds is 3. The van der Waals surface area contributed by atoms with Crippen LogP contribution in [-0.4, -0.2) is 28.3 Å². The summed E-state index contributed by atoms with van der Waals surface area (Å²) >= 11 is 0. The fourth-order valence-corrected chi connectivity index (χ4v) is 3.30. The van der Waals surface area contributed by atoms with Crippen LogP contribution in [0.5, 0.6) is 0 Å². The van der Waals surface area contributed by atoms with Crippen molar-refractivity contribution in [2.75, 3.05) is 13.2 Å². The number of ether oxygens (including phenoxy) is 1. The van der Waals surface area contributed by atoms with Gasteiger partial charge in [0, 0.05) is 37.7 Å². The van der Waals surface area contributed by atoms with Gasteiger partial charge < -0.3 is 14.6 Å². The molecule has 1 aromatic rings. The Hall–Kier alpha value is -0.870. The first-order valence-corrected chi connectivity index (χ1v) is 7.52. The minimum absolute atomic E-state index is 0.00296. The Morgan fingerprint density at radius 1 is 1.47 bits per heavy atom. The van der Waals surface area contributed by atoms with Gasteiger partial charge in [0.1, 0.15) is 5.82 Å². The number of aromatic nitrogens is 2. The second-order valence-corrected chi connectivity index (χ2v) is 6.43. The lowest BCUT2D eigenvalue weighted by atomic mass is 10.0. The number of hydrogen-bond donors (Lipinski definition) is 1. The standard InChI is InChI=1S/C15H25N3O/c1-11(2)14-17-12-9-16-7-5-13(12)18(14)10-15(3)6-4-8-19-15/h11,16H,4-10H2,1-3H3. The molecule has 3 heterocycles. The van der Waals surface area contributed by atoms with Crippen molar-refractivity contribution in [2.45, 2.75) is 64.6 Å². The van der Waals surface area contributed by atoms with Gasteiger partial charge in [-0.3, -0.25) is 0 Å². The summed E-state index contributed by atoms with van der Waals surface area (Å²) in [6, 6.07) is 0. The first kappa shape index (κ1) is 13.1. The van der Waals surface area contributed by atoms with Gasteiger partial charge in [-0.2, -0.15) is 0 Å². The quantitative estimate of drug-likeness (QED) is 0.909. The van der Waals surface area contributed by atoms with Gasteiger partial charge in [-0.25, -0.2) is 4.98 Å². The summed E-state index contributed by atoms with van der Waals surface area (Å²) in [4.78, 5) is 4.87. The maximum Gasteiger partial charge on any atom is 0.111 e. The fraction of sp³-hybridized carbons (Fsp3) is 0.800. The normalized spacial score (nSPS) is 26.9. The van der Waals surface area contributed by atoms with E-state index >= 15 is 0 Å². The molecule has 19 heavy (non-hydrogen) atoms. The average molecular weight is 263 g/mol. The molecule has 3 rings (SSSR count). The number of hydrogen-bond acceptors (Lipinski definition) is 3. The smallest absolute Gasteiger partial charge is 0.111 e. The summed E-state index contributed by atoms with van der Waals surface area (Å²) in [5.41, 5.74) is 2.68. The molecule has 4 heteroatoms. The van der Waals surface area contributed by atoms with E-state index in [2.05, 4.69) is 30.7 Å². The highest BCUT2D eigenvalue weighted by atomic mass is 16.5. The number of nitrogens with zero attached hydrogens (tertiary/aromatic N) is 2. The predicted octanol–water partition coefficient (Wildman–Crippen LogP) is 2.22. The Morgan fingerprint density at radius 2 is 2.32 bits per heavy atom. The third-order valence-electron chi connectivity index (χ3n) is 4.33. The highest BCUT2D eigenvalue weighted by Gasteiger charge is 2.33. The van der Waals surface area contributed by atoms with Gasteiger partial charge >= 0.3 is 0 Å². The zero-order chi connectivity index (χ0) is 13.5. The maximum atomic E-state index is 5.98. The summed E-state index contributed by atoms with van der Waals surface area (Å²) in [5.74, 6) is 1.70. The summed E-state index contributed by atoms with van der Waals surface area (Å²) < 4.78 is 8.43. The molecule has 0 saturated carbocycles. The van der Waals surface area contributed by atoms with E-state index in [-0.39, 0.29) is 5.60 Å². The summed E-state index contributed by atoms with van der Waals surface area (Å²) in [6.45, 7) is 10.6. The molecule has 1 fully saturated rings. The molecule has 2 aliphatic rings. The van der Waals surface area contributed by atoms with Gasteiger partial charge in [-0.05, 0) is 19.8 Å². The van der Waals surface area contributed by atoms with Crippen LogP contribution in [0.3, 0.4) is 0 Å². The maximum absolute atomic E-state index is 5.98. The van der Waals surface area contributed by atoms with Crippen LogP contribution < -0.4 is 5.32 Å². The molecule has 0 spiro atoms. The third-order valence-corrected chi connectivity index (χ3v) is 4.33. The van der Waals surface area contributed by atoms with Crippen molar-refractivity contribution < 1.29 is 4.74 Å². The minimum atomic E-state index is 0.00296. The van der Waals surface area contributed by atoms with Crippen LogP contribution in [0, 0.1) is 0 Å². The highest BCUT2D eigenvalue weighted by Crippen LogP contribution is 2.30. The lowest BCUT2D eigenvalue weighted by Crippen LogP contribution is -2.33. The molecule has 1 aromatic heterocycles. The van der Waals surface area contributed by atoms with Crippen molar-refractivity contribution in [3.63, 3.8) is 0 Å². The van der Waals surface area contributed by atoms with E-state index in [1.165, 1.54) is 23.6 Å². The fourth-order valence-electron chi connectivity index (χ4n) is 3.30. The Morgan fingerprint density at radius 3 is 3.00 bits per heavy atom. The molecular formula is C15H25N3O. The van der Waals surface area contributed by atoms with E-state index in [9.17, 15) is 0 Å². The van der Waals surface area contributed by atoms with Gasteiger partial charge in [0.25, 0.3) is 0 Å². The van der Waals surface area contributed by atoms with E-state index in [0.717, 1.165) is 39.1 Å². The van der Waals surface area contributed by atoms with Gasteiger partial charge in [0.2, 0.25) is 0 Å². The van der Waals surface area contributed by atoms with Crippen LogP contribution in [0.25, 0.3) is 0 Å². The van der Waals surface area contributed by atoms with Crippen molar-refractivity contribution in [3.05, 3.63) is 17.2 Å². The van der Waals surface area contributed by atoms with Gasteiger partial charge in [-0.1, -0.05) is 13.8 Å². The van der Waals surface area contributed by atoms with E-state index < -0.39 is 0 Å². The second-order valence-electron chi connectivity index (χ2n) is 6.43. The van der Waals surface area contributed by atoms with Gasteiger partial charge in [0.05, 0.1) is 17.8 Å². The first-order chi connectivity index (χ1) is 9.09. The van der Waals surface area contributed by atoms with Crippen LogP contribution >= 0.6 is 0 Å². The lowest BCUT2D eigenvalue weighted by molar-refractivity contribution is 0.00489. The van der Waals surface area contributed by atoms with E-state index in [0.29, 0.717) is 5.92 Å². The topological polar surface area (TPSA) is 39.1 Å². The highest BCUT2D eigenvalue weighted by molar-refractivity contribution is 5.22. The van der Waals surface area contributed by atoms with Crippen LogP contribution in [0.1, 0.15) is 56.7 Å². The van der Waals surface area contributed by atoms with E-state index in [1.54, 1.807) is 0 Å². The molecular weight excluding hydrogens is 238 g/mol. The van der Waals surface area contributed by atoms with Crippen molar-refractivity contribution in [1.29, 1.82) is 0 Å². The molecule has 2 aliphatic heterocycles. The number of imidazole rings is 1. The Kier molecular flexibility index (Phi) is 3.39. The molecule has 0 aromatic carbocycles. The summed E-state index contributed by atoms with van der Waals surface area (Å²) in [7, 11) is 0. The molecule has 0 aliphatic carbocycles. The van der Waals surface area contributed by atoms with Crippen LogP contribution in [0.15, 0.2) is 0 Å². The summed E-state index contributed by atoms with van der Waals surface area (Å²) in [6.07, 6.45) is 3.44. The van der Waals surface area contributed by atoms with Crippen LogP contribution in [-0.2, 0) is 24.2 Å². The molecule has 1 unspecified atom stereocenters. The largest absolute Gasteiger partial charge is 0.373 e. The Labute approximate surface area is 115 Å². The zero-order valence-electron chi connectivity index (χ0n) is 12.3. The van der Waals surface area contributed by atoms with Gasteiger partial charge in [0.15, 0.2) is 0 Å². The Bertz CT molecular complexity index is 458. The van der Waals surface area contributed by atoms with E-state index in [1.807, 2.05) is 0 Å². The Balaban J connectivity index is 1.95. The average Bonchev–Trinajstić information content (AvgIpc) is 2.95. The van der Waals surface area contributed by atoms with Crippen LogP contribution in [0.2, 0.25) is 0 Å². The van der Waals surface area contributed by atoms with Gasteiger partial charge in [-0.15, -0.1) is 0 Å². The predicted molar refractivity (Wildman–Crippen MR) is 75.3 cm³/mol. The minimum Gasteiger partial charge on any atom is -0.373 e. The first-order valence-electron chi connectivity index (χ1n) is 7.52. The summed E-state index contributed by atoms with van der Waals surface area (Å²) in [5, 5.41) is 3.42. The molecule has 1 atom stereocenters. The third kappa shape index (κ3) is 2.43. The van der Waals surface area contributed by atoms with Crippen molar-refractivity contribution in [1.82, 2.24) is 14.9 Å². The molecule has 4 nitrogen and oxygen atoms in total. The number of nitrogens with one attached hydrogen (secondary N) is 1. The molecule has 0 radical (unpaired) electrons. The SMILES string of the molecule is CC(C)c1nc2c(n1CC1(C)CCCO1)CCNC2. The van der Waals surface area contributed by atoms with E-state index in [4.69, 9.17) is 9.72 Å². The molecule has 0 bridgehead atoms. The second kappa shape index (κ2) is 4.91. The van der Waals surface area contributed by atoms with Crippen molar-refractivity contribution in [2.24, 2.45) is 0 Å². The number of fused-ring (bicyclic) bond motifs is 1. The lowest BCUT2D eigenvalue weighted by Gasteiger charge is -2.27. The van der Waals surface area contributed by atoms with Crippen molar-refractivity contribution in [3.8, 4) is 0 Å². The monoisotopic (exact) mass is 263 g/mol. The molecule has 0 amide bonds. The van der Waals surface area contributed by atoms with Crippen molar-refractivity contribution >= 4 is 0 Å². The zero-order valence-corrected chi connectivity index (χ0v) is 12.3. The van der Waals surface area contributed by atoms with Crippen LogP contribution in [0.4, 0.5) is 0 Å². The molecule has 1 N–H and O–H groups in total. The molecule has 106 valence electrons. The molecule has 1 saturated heterocycles.